The van der Waals surface area contributed by atoms with E-state index in [1.54, 1.807) is 12.5 Å². The predicted molar refractivity (Wildman–Crippen MR) is 48.3 cm³/mol. The van der Waals surface area contributed by atoms with E-state index in [0.29, 0.717) is 0 Å². The number of ether oxygens (including phenoxy) is 2. The summed E-state index contributed by atoms with van der Waals surface area (Å²) in [5, 5.41) is 0. The molecule has 0 radical (unpaired) electrons. The molecule has 0 aromatic rings. The summed E-state index contributed by atoms with van der Waals surface area (Å²) in [5.74, 6) is 0. The van der Waals surface area contributed by atoms with E-state index in [9.17, 15) is 0 Å². The number of allylic oxidation sites excluding steroid dienone is 3. The maximum Gasteiger partial charge on any atom is 0.259 e. The van der Waals surface area contributed by atoms with Crippen LogP contribution in [-0.2, 0) is 9.47 Å². The minimum absolute atomic E-state index is 0.226. The van der Waals surface area contributed by atoms with Gasteiger partial charge in [0.1, 0.15) is 12.5 Å². The van der Waals surface area contributed by atoms with Crippen molar-refractivity contribution in [3.8, 4) is 0 Å². The maximum absolute atomic E-state index is 5.04. The van der Waals surface area contributed by atoms with Gasteiger partial charge in [0, 0.05) is 0 Å². The fourth-order valence-corrected chi connectivity index (χ4v) is 0.838. The molecule has 0 saturated heterocycles. The fourth-order valence-electron chi connectivity index (χ4n) is 0.838. The van der Waals surface area contributed by atoms with E-state index in [-0.39, 0.29) is 6.29 Å². The first-order valence-electron chi connectivity index (χ1n) is 4.22. The molecule has 66 valence electrons. The Hall–Kier alpha value is -1.18. The average molecular weight is 166 g/mol. The summed E-state index contributed by atoms with van der Waals surface area (Å²) in [6.45, 7) is 2.15. The van der Waals surface area contributed by atoms with Gasteiger partial charge in [-0.3, -0.25) is 0 Å². The van der Waals surface area contributed by atoms with Crippen molar-refractivity contribution in [3.63, 3.8) is 0 Å². The summed E-state index contributed by atoms with van der Waals surface area (Å²) in [7, 11) is 0. The Morgan fingerprint density at radius 1 is 1.25 bits per heavy atom. The second-order valence-electron chi connectivity index (χ2n) is 2.51. The van der Waals surface area contributed by atoms with Crippen molar-refractivity contribution in [3.05, 3.63) is 36.8 Å². The van der Waals surface area contributed by atoms with E-state index in [1.807, 2.05) is 18.2 Å². The second kappa shape index (κ2) is 5.47. The van der Waals surface area contributed by atoms with Crippen LogP contribution in [0.4, 0.5) is 0 Å². The van der Waals surface area contributed by atoms with Crippen LogP contribution in [0, 0.1) is 0 Å². The highest BCUT2D eigenvalue weighted by molar-refractivity contribution is 5.04. The van der Waals surface area contributed by atoms with Crippen molar-refractivity contribution in [2.24, 2.45) is 0 Å². The van der Waals surface area contributed by atoms with E-state index in [2.05, 4.69) is 13.0 Å². The molecule has 0 fully saturated rings. The zero-order valence-electron chi connectivity index (χ0n) is 7.27. The number of hydrogen-bond acceptors (Lipinski definition) is 2. The molecule has 0 amide bonds. The minimum atomic E-state index is -0.226. The van der Waals surface area contributed by atoms with Crippen LogP contribution >= 0.6 is 0 Å². The lowest BCUT2D eigenvalue weighted by Crippen LogP contribution is -2.00. The normalized spacial score (nSPS) is 17.4. The lowest BCUT2D eigenvalue weighted by molar-refractivity contribution is 0.0191. The van der Waals surface area contributed by atoms with Crippen LogP contribution in [0.2, 0.25) is 0 Å². The number of hydrogen-bond donors (Lipinski definition) is 0. The summed E-state index contributed by atoms with van der Waals surface area (Å²) < 4.78 is 10.1. The highest BCUT2D eigenvalue weighted by Gasteiger charge is 2.04. The highest BCUT2D eigenvalue weighted by Crippen LogP contribution is 2.05. The summed E-state index contributed by atoms with van der Waals surface area (Å²) in [4.78, 5) is 0. The van der Waals surface area contributed by atoms with Gasteiger partial charge in [-0.05, 0) is 12.5 Å². The van der Waals surface area contributed by atoms with Crippen LogP contribution in [0.25, 0.3) is 0 Å². The Kier molecular flexibility index (Phi) is 4.06. The molecule has 0 spiro atoms. The average Bonchev–Trinajstić information content (AvgIpc) is 2.57. The Labute approximate surface area is 73.2 Å². The molecular weight excluding hydrogens is 152 g/mol. The summed E-state index contributed by atoms with van der Waals surface area (Å²) in [6.07, 6.45) is 13.1. The standard InChI is InChI=1S/C10H14O2/c1-2-3-4-5-6-7-10-11-8-9-12-10/h4-10H,2-3H2,1H3. The van der Waals surface area contributed by atoms with Crippen LogP contribution in [0.3, 0.4) is 0 Å². The maximum atomic E-state index is 5.04. The quantitative estimate of drug-likeness (QED) is 0.598. The Morgan fingerprint density at radius 3 is 2.67 bits per heavy atom. The van der Waals surface area contributed by atoms with E-state index < -0.39 is 0 Å². The van der Waals surface area contributed by atoms with Crippen molar-refractivity contribution in [1.82, 2.24) is 0 Å². The molecule has 1 rings (SSSR count). The van der Waals surface area contributed by atoms with E-state index in [0.717, 1.165) is 6.42 Å². The molecule has 0 unspecified atom stereocenters. The topological polar surface area (TPSA) is 18.5 Å². The Bertz CT molecular complexity index is 184. The van der Waals surface area contributed by atoms with E-state index in [1.165, 1.54) is 6.42 Å². The first-order chi connectivity index (χ1) is 5.93. The third kappa shape index (κ3) is 3.28. The van der Waals surface area contributed by atoms with Gasteiger partial charge in [0.25, 0.3) is 6.29 Å². The van der Waals surface area contributed by atoms with Gasteiger partial charge < -0.3 is 9.47 Å². The van der Waals surface area contributed by atoms with Crippen molar-refractivity contribution in [2.75, 3.05) is 0 Å². The second-order valence-corrected chi connectivity index (χ2v) is 2.51. The SMILES string of the molecule is CCCC=CC=CC1OC=CO1. The van der Waals surface area contributed by atoms with E-state index in [4.69, 9.17) is 9.47 Å². The van der Waals surface area contributed by atoms with Crippen molar-refractivity contribution in [1.29, 1.82) is 0 Å². The largest absolute Gasteiger partial charge is 0.456 e. The molecule has 0 aromatic heterocycles. The summed E-state index contributed by atoms with van der Waals surface area (Å²) in [5.41, 5.74) is 0. The van der Waals surface area contributed by atoms with Gasteiger partial charge in [-0.2, -0.15) is 0 Å². The molecule has 1 heterocycles. The predicted octanol–water partition coefficient (Wildman–Crippen LogP) is 2.74. The zero-order valence-corrected chi connectivity index (χ0v) is 7.27. The van der Waals surface area contributed by atoms with Gasteiger partial charge >= 0.3 is 0 Å². The molecule has 2 heteroatoms. The molecule has 0 saturated carbocycles. The Morgan fingerprint density at radius 2 is 2.00 bits per heavy atom. The molecule has 12 heavy (non-hydrogen) atoms. The van der Waals surface area contributed by atoms with Crippen molar-refractivity contribution in [2.45, 2.75) is 26.1 Å². The molecule has 2 nitrogen and oxygen atoms in total. The van der Waals surface area contributed by atoms with Crippen LogP contribution in [0.15, 0.2) is 36.8 Å². The van der Waals surface area contributed by atoms with Gasteiger partial charge in [-0.25, -0.2) is 0 Å². The van der Waals surface area contributed by atoms with Crippen LogP contribution < -0.4 is 0 Å². The lowest BCUT2D eigenvalue weighted by Gasteiger charge is -2.01. The molecule has 0 N–H and O–H groups in total. The molecule has 0 aromatic carbocycles. The van der Waals surface area contributed by atoms with Crippen molar-refractivity contribution < 1.29 is 9.47 Å². The third-order valence-electron chi connectivity index (χ3n) is 1.45. The molecular formula is C10H14O2. The first-order valence-corrected chi connectivity index (χ1v) is 4.22. The fraction of sp³-hybridized carbons (Fsp3) is 0.400. The number of rotatable bonds is 4. The van der Waals surface area contributed by atoms with Crippen LogP contribution in [0.5, 0.6) is 0 Å². The van der Waals surface area contributed by atoms with Gasteiger partial charge in [0.2, 0.25) is 0 Å². The molecule has 0 bridgehead atoms. The molecule has 0 aliphatic carbocycles. The summed E-state index contributed by atoms with van der Waals surface area (Å²) in [6, 6.07) is 0. The van der Waals surface area contributed by atoms with Gasteiger partial charge in [-0.15, -0.1) is 0 Å². The van der Waals surface area contributed by atoms with Crippen LogP contribution in [0.1, 0.15) is 19.8 Å². The molecule has 1 aliphatic heterocycles. The van der Waals surface area contributed by atoms with E-state index >= 15 is 0 Å². The van der Waals surface area contributed by atoms with Gasteiger partial charge in [-0.1, -0.05) is 31.6 Å². The van der Waals surface area contributed by atoms with Gasteiger partial charge in [0.15, 0.2) is 0 Å². The minimum Gasteiger partial charge on any atom is -0.456 e. The number of unbranched alkanes of at least 4 members (excludes halogenated alkanes) is 1. The smallest absolute Gasteiger partial charge is 0.259 e. The lowest BCUT2D eigenvalue weighted by atomic mass is 10.3. The molecule has 1 aliphatic rings. The highest BCUT2D eigenvalue weighted by atomic mass is 16.7. The third-order valence-corrected chi connectivity index (χ3v) is 1.45. The monoisotopic (exact) mass is 166 g/mol. The summed E-state index contributed by atoms with van der Waals surface area (Å²) >= 11 is 0. The zero-order chi connectivity index (χ0) is 8.65. The Balaban J connectivity index is 2.12. The molecule has 0 atom stereocenters. The van der Waals surface area contributed by atoms with Crippen LogP contribution in [-0.4, -0.2) is 6.29 Å². The van der Waals surface area contributed by atoms with Gasteiger partial charge in [0.05, 0.1) is 0 Å². The van der Waals surface area contributed by atoms with Crippen molar-refractivity contribution >= 4 is 0 Å². The first kappa shape index (κ1) is 8.91.